The van der Waals surface area contributed by atoms with Crippen LogP contribution in [0.1, 0.15) is 59.1 Å². The Morgan fingerprint density at radius 3 is 2.19 bits per heavy atom. The zero-order valence-electron chi connectivity index (χ0n) is 13.8. The van der Waals surface area contributed by atoms with Crippen molar-refractivity contribution in [3.05, 3.63) is 40.3 Å². The first kappa shape index (κ1) is 15.6. The Morgan fingerprint density at radius 1 is 1.00 bits per heavy atom. The van der Waals surface area contributed by atoms with Crippen molar-refractivity contribution in [2.24, 2.45) is 0 Å². The van der Waals surface area contributed by atoms with Crippen LogP contribution in [-0.4, -0.2) is 10.7 Å². The molecule has 21 heavy (non-hydrogen) atoms. The number of hydrogen-bond acceptors (Lipinski definition) is 2. The molecular formula is C18H25NO2. The van der Waals surface area contributed by atoms with Gasteiger partial charge < -0.3 is 9.30 Å². The van der Waals surface area contributed by atoms with E-state index in [-0.39, 0.29) is 17.7 Å². The van der Waals surface area contributed by atoms with Gasteiger partial charge in [0.05, 0.1) is 17.7 Å². The van der Waals surface area contributed by atoms with Crippen LogP contribution < -0.4 is 10.3 Å². The summed E-state index contributed by atoms with van der Waals surface area (Å²) in [5, 5.41) is 1.64. The molecule has 114 valence electrons. The summed E-state index contributed by atoms with van der Waals surface area (Å²) in [5.41, 5.74) is 1.23. The van der Waals surface area contributed by atoms with Crippen molar-refractivity contribution in [3.8, 4) is 5.75 Å². The summed E-state index contributed by atoms with van der Waals surface area (Å²) < 4.78 is 7.67. The Bertz CT molecular complexity index is 696. The lowest BCUT2D eigenvalue weighted by atomic mass is 9.99. The van der Waals surface area contributed by atoms with Crippen molar-refractivity contribution in [2.45, 2.75) is 59.6 Å². The first-order chi connectivity index (χ1) is 9.81. The molecule has 0 aliphatic carbocycles. The molecule has 0 amide bonds. The number of fused-ring (bicyclic) bond motifs is 1. The van der Waals surface area contributed by atoms with Crippen LogP contribution in [-0.2, 0) is 0 Å². The van der Waals surface area contributed by atoms with E-state index >= 15 is 0 Å². The SMILES string of the molecule is CC(C)Oc1cn(C(C)C)c(=O)c2cc(C(C)C)ccc12. The molecule has 0 atom stereocenters. The highest BCUT2D eigenvalue weighted by atomic mass is 16.5. The van der Waals surface area contributed by atoms with Crippen LogP contribution >= 0.6 is 0 Å². The van der Waals surface area contributed by atoms with Gasteiger partial charge >= 0.3 is 0 Å². The third-order valence-electron chi connectivity index (χ3n) is 3.62. The van der Waals surface area contributed by atoms with Crippen LogP contribution in [0, 0.1) is 0 Å². The van der Waals surface area contributed by atoms with Gasteiger partial charge in [-0.25, -0.2) is 0 Å². The average Bonchev–Trinajstić information content (AvgIpc) is 2.40. The van der Waals surface area contributed by atoms with E-state index in [1.165, 1.54) is 5.56 Å². The predicted molar refractivity (Wildman–Crippen MR) is 88.4 cm³/mol. The molecule has 0 saturated carbocycles. The normalized spacial score (nSPS) is 11.9. The van der Waals surface area contributed by atoms with Gasteiger partial charge in [0.1, 0.15) is 5.75 Å². The van der Waals surface area contributed by atoms with Crippen molar-refractivity contribution >= 4 is 10.8 Å². The molecule has 0 aliphatic rings. The number of benzene rings is 1. The van der Waals surface area contributed by atoms with Crippen molar-refractivity contribution < 1.29 is 4.74 Å². The van der Waals surface area contributed by atoms with Gasteiger partial charge in [-0.2, -0.15) is 0 Å². The second-order valence-corrected chi connectivity index (χ2v) is 6.43. The Morgan fingerprint density at radius 2 is 1.67 bits per heavy atom. The van der Waals surface area contributed by atoms with Crippen LogP contribution in [0.2, 0.25) is 0 Å². The highest BCUT2D eigenvalue weighted by molar-refractivity contribution is 5.88. The molecule has 1 aromatic carbocycles. The summed E-state index contributed by atoms with van der Waals surface area (Å²) in [7, 11) is 0. The summed E-state index contributed by atoms with van der Waals surface area (Å²) in [6.07, 6.45) is 1.92. The third kappa shape index (κ3) is 3.12. The van der Waals surface area contributed by atoms with Crippen LogP contribution in [0.15, 0.2) is 29.2 Å². The van der Waals surface area contributed by atoms with Crippen molar-refractivity contribution in [1.82, 2.24) is 4.57 Å². The molecule has 0 radical (unpaired) electrons. The zero-order chi connectivity index (χ0) is 15.7. The van der Waals surface area contributed by atoms with E-state index in [4.69, 9.17) is 4.74 Å². The number of pyridine rings is 1. The number of rotatable bonds is 4. The summed E-state index contributed by atoms with van der Waals surface area (Å²) in [5.74, 6) is 1.18. The summed E-state index contributed by atoms with van der Waals surface area (Å²) in [6.45, 7) is 12.3. The molecule has 1 heterocycles. The minimum absolute atomic E-state index is 0.0543. The summed E-state index contributed by atoms with van der Waals surface area (Å²) in [6, 6.07) is 6.21. The molecule has 0 N–H and O–H groups in total. The molecule has 1 aromatic heterocycles. The van der Waals surface area contributed by atoms with Crippen LogP contribution in [0.5, 0.6) is 5.75 Å². The molecule has 3 nitrogen and oxygen atoms in total. The van der Waals surface area contributed by atoms with E-state index in [2.05, 4.69) is 19.9 Å². The van der Waals surface area contributed by atoms with E-state index in [1.807, 2.05) is 46.0 Å². The van der Waals surface area contributed by atoms with Crippen molar-refractivity contribution in [1.29, 1.82) is 0 Å². The second kappa shape index (κ2) is 5.92. The van der Waals surface area contributed by atoms with Crippen molar-refractivity contribution in [2.75, 3.05) is 0 Å². The number of aromatic nitrogens is 1. The quantitative estimate of drug-likeness (QED) is 0.829. The smallest absolute Gasteiger partial charge is 0.258 e. The predicted octanol–water partition coefficient (Wildman–Crippen LogP) is 4.49. The van der Waals surface area contributed by atoms with Gasteiger partial charge in [-0.1, -0.05) is 26.0 Å². The lowest BCUT2D eigenvalue weighted by molar-refractivity contribution is 0.243. The standard InChI is InChI=1S/C18H25NO2/c1-11(2)14-7-8-15-16(9-14)18(20)19(12(3)4)10-17(15)21-13(5)6/h7-13H,1-6H3. The highest BCUT2D eigenvalue weighted by Gasteiger charge is 2.14. The van der Waals surface area contributed by atoms with Gasteiger partial charge in [0.2, 0.25) is 0 Å². The molecular weight excluding hydrogens is 262 g/mol. The largest absolute Gasteiger partial charge is 0.489 e. The van der Waals surface area contributed by atoms with Gasteiger partial charge in [0.15, 0.2) is 0 Å². The number of nitrogens with zero attached hydrogens (tertiary/aromatic N) is 1. The minimum Gasteiger partial charge on any atom is -0.489 e. The van der Waals surface area contributed by atoms with E-state index in [0.29, 0.717) is 5.92 Å². The Labute approximate surface area is 126 Å². The van der Waals surface area contributed by atoms with Gasteiger partial charge in [-0.3, -0.25) is 4.79 Å². The number of hydrogen-bond donors (Lipinski definition) is 0. The molecule has 3 heteroatoms. The molecule has 0 bridgehead atoms. The molecule has 0 spiro atoms. The first-order valence-corrected chi connectivity index (χ1v) is 7.66. The summed E-state index contributed by atoms with van der Waals surface area (Å²) in [4.78, 5) is 12.7. The first-order valence-electron chi connectivity index (χ1n) is 7.66. The van der Waals surface area contributed by atoms with Gasteiger partial charge in [-0.05, 0) is 45.2 Å². The fraction of sp³-hybridized carbons (Fsp3) is 0.500. The Hall–Kier alpha value is -1.77. The summed E-state index contributed by atoms with van der Waals surface area (Å²) >= 11 is 0. The van der Waals surface area contributed by atoms with Crippen LogP contribution in [0.3, 0.4) is 0 Å². The van der Waals surface area contributed by atoms with Crippen molar-refractivity contribution in [3.63, 3.8) is 0 Å². The monoisotopic (exact) mass is 287 g/mol. The topological polar surface area (TPSA) is 31.2 Å². The van der Waals surface area contributed by atoms with E-state index < -0.39 is 0 Å². The lowest BCUT2D eigenvalue weighted by Crippen LogP contribution is -2.22. The molecule has 0 fully saturated rings. The molecule has 0 unspecified atom stereocenters. The Balaban J connectivity index is 2.78. The fourth-order valence-electron chi connectivity index (χ4n) is 2.44. The maximum atomic E-state index is 12.7. The highest BCUT2D eigenvalue weighted by Crippen LogP contribution is 2.28. The molecule has 2 aromatic rings. The number of ether oxygens (including phenoxy) is 1. The average molecular weight is 287 g/mol. The van der Waals surface area contributed by atoms with E-state index in [9.17, 15) is 4.79 Å². The minimum atomic E-state index is 0.0543. The van der Waals surface area contributed by atoms with Gasteiger partial charge in [0, 0.05) is 11.4 Å². The molecule has 0 aliphatic heterocycles. The van der Waals surface area contributed by atoms with E-state index in [0.717, 1.165) is 16.5 Å². The lowest BCUT2D eigenvalue weighted by Gasteiger charge is -2.18. The fourth-order valence-corrected chi connectivity index (χ4v) is 2.44. The van der Waals surface area contributed by atoms with Crippen LogP contribution in [0.25, 0.3) is 10.8 Å². The maximum Gasteiger partial charge on any atom is 0.258 e. The zero-order valence-corrected chi connectivity index (χ0v) is 13.8. The molecule has 2 rings (SSSR count). The van der Waals surface area contributed by atoms with Crippen LogP contribution in [0.4, 0.5) is 0 Å². The van der Waals surface area contributed by atoms with E-state index in [1.54, 1.807) is 4.57 Å². The maximum absolute atomic E-state index is 12.7. The van der Waals surface area contributed by atoms with Gasteiger partial charge in [-0.15, -0.1) is 0 Å². The second-order valence-electron chi connectivity index (χ2n) is 6.43. The molecule has 0 saturated heterocycles. The third-order valence-corrected chi connectivity index (χ3v) is 3.62. The Kier molecular flexibility index (Phi) is 4.40. The van der Waals surface area contributed by atoms with Gasteiger partial charge in [0.25, 0.3) is 5.56 Å².